The first-order valence-electron chi connectivity index (χ1n) is 6.68. The van der Waals surface area contributed by atoms with Gasteiger partial charge in [0.2, 0.25) is 0 Å². The van der Waals surface area contributed by atoms with Gasteiger partial charge in [0.15, 0.2) is 0 Å². The molecule has 0 saturated carbocycles. The van der Waals surface area contributed by atoms with Crippen molar-refractivity contribution in [3.63, 3.8) is 0 Å². The third-order valence-electron chi connectivity index (χ3n) is 2.75. The monoisotopic (exact) mass is 330 g/mol. The van der Waals surface area contributed by atoms with Crippen LogP contribution in [0.2, 0.25) is 0 Å². The highest BCUT2D eigenvalue weighted by Gasteiger charge is 2.09. The van der Waals surface area contributed by atoms with Crippen LogP contribution in [0, 0.1) is 5.92 Å². The molecular weight excluding hydrogens is 308 g/mol. The lowest BCUT2D eigenvalue weighted by atomic mass is 10.1. The van der Waals surface area contributed by atoms with E-state index in [4.69, 9.17) is 9.47 Å². The van der Waals surface area contributed by atoms with Gasteiger partial charge in [-0.25, -0.2) is 0 Å². The van der Waals surface area contributed by atoms with Crippen LogP contribution in [0.5, 0.6) is 5.75 Å². The molecule has 0 heterocycles. The van der Waals surface area contributed by atoms with E-state index in [1.54, 1.807) is 6.92 Å². The average molecular weight is 331 g/mol. The Morgan fingerprint density at radius 3 is 2.53 bits per heavy atom. The van der Waals surface area contributed by atoms with E-state index in [0.29, 0.717) is 24.9 Å². The summed E-state index contributed by atoms with van der Waals surface area (Å²) in [5.74, 6) is 1.37. The number of halogens is 1. The molecule has 0 fully saturated rings. The summed E-state index contributed by atoms with van der Waals surface area (Å²) in [6.07, 6.45) is 0.528. The van der Waals surface area contributed by atoms with Gasteiger partial charge in [-0.15, -0.1) is 0 Å². The van der Waals surface area contributed by atoms with Crippen LogP contribution < -0.4 is 4.74 Å². The molecule has 0 spiro atoms. The van der Waals surface area contributed by atoms with Crippen LogP contribution in [0.3, 0.4) is 0 Å². The number of hydrogen-bond acceptors (Lipinski definition) is 3. The Hall–Kier alpha value is -0.580. The number of benzene rings is 1. The van der Waals surface area contributed by atoms with Crippen LogP contribution in [0.15, 0.2) is 22.7 Å². The Kier molecular flexibility index (Phi) is 7.42. The van der Waals surface area contributed by atoms with Crippen molar-refractivity contribution < 1.29 is 14.6 Å². The molecule has 1 N–H and O–H groups in total. The normalized spacial score (nSPS) is 12.7. The quantitative estimate of drug-likeness (QED) is 0.733. The molecule has 19 heavy (non-hydrogen) atoms. The van der Waals surface area contributed by atoms with Crippen LogP contribution in [0.1, 0.15) is 38.9 Å². The van der Waals surface area contributed by atoms with Gasteiger partial charge < -0.3 is 14.6 Å². The molecule has 4 heteroatoms. The van der Waals surface area contributed by atoms with Crippen LogP contribution in [0.25, 0.3) is 0 Å². The zero-order valence-electron chi connectivity index (χ0n) is 11.9. The maximum Gasteiger partial charge on any atom is 0.126 e. The van der Waals surface area contributed by atoms with Gasteiger partial charge in [0.1, 0.15) is 12.4 Å². The van der Waals surface area contributed by atoms with E-state index >= 15 is 0 Å². The van der Waals surface area contributed by atoms with Gasteiger partial charge >= 0.3 is 0 Å². The summed E-state index contributed by atoms with van der Waals surface area (Å²) in [5, 5.41) is 9.67. The lowest BCUT2D eigenvalue weighted by molar-refractivity contribution is 0.0909. The van der Waals surface area contributed by atoms with E-state index in [2.05, 4.69) is 29.8 Å². The molecule has 1 aromatic rings. The highest BCUT2D eigenvalue weighted by atomic mass is 79.9. The van der Waals surface area contributed by atoms with Gasteiger partial charge in [0.05, 0.1) is 12.7 Å². The molecule has 1 unspecified atom stereocenters. The molecule has 0 bridgehead atoms. The fourth-order valence-electron chi connectivity index (χ4n) is 1.61. The van der Waals surface area contributed by atoms with E-state index in [0.717, 1.165) is 23.1 Å². The van der Waals surface area contributed by atoms with Crippen LogP contribution in [-0.2, 0) is 4.74 Å². The summed E-state index contributed by atoms with van der Waals surface area (Å²) in [6.45, 7) is 7.91. The number of hydrogen-bond donors (Lipinski definition) is 1. The summed E-state index contributed by atoms with van der Waals surface area (Å²) in [7, 11) is 0. The fourth-order valence-corrected chi connectivity index (χ4v) is 1.95. The van der Waals surface area contributed by atoms with Crippen molar-refractivity contribution in [2.75, 3.05) is 19.8 Å². The predicted octanol–water partition coefficient (Wildman–Crippen LogP) is 3.94. The Morgan fingerprint density at radius 2 is 1.89 bits per heavy atom. The van der Waals surface area contributed by atoms with Gasteiger partial charge in [-0.05, 0) is 31.4 Å². The zero-order chi connectivity index (χ0) is 14.3. The van der Waals surface area contributed by atoms with Crippen molar-refractivity contribution in [2.24, 2.45) is 5.92 Å². The van der Waals surface area contributed by atoms with E-state index in [9.17, 15) is 5.11 Å². The lowest BCUT2D eigenvalue weighted by Crippen LogP contribution is -2.10. The van der Waals surface area contributed by atoms with Crippen LogP contribution >= 0.6 is 15.9 Å². The molecule has 0 aliphatic rings. The number of ether oxygens (including phenoxy) is 2. The number of rotatable bonds is 8. The van der Waals surface area contributed by atoms with Crippen molar-refractivity contribution in [1.82, 2.24) is 0 Å². The van der Waals surface area contributed by atoms with E-state index in [1.165, 1.54) is 0 Å². The van der Waals surface area contributed by atoms with Crippen molar-refractivity contribution in [1.29, 1.82) is 0 Å². The van der Waals surface area contributed by atoms with Gasteiger partial charge in [-0.1, -0.05) is 35.8 Å². The predicted molar refractivity (Wildman–Crippen MR) is 80.5 cm³/mol. The maximum absolute atomic E-state index is 9.67. The molecular formula is C15H23BrO3. The summed E-state index contributed by atoms with van der Waals surface area (Å²) in [4.78, 5) is 0. The second kappa shape index (κ2) is 8.56. The SMILES string of the molecule is CC(C)CCOCCOc1cc(Br)ccc1C(C)O. The second-order valence-corrected chi connectivity index (χ2v) is 5.92. The fraction of sp³-hybridized carbons (Fsp3) is 0.600. The molecule has 1 rings (SSSR count). The van der Waals surface area contributed by atoms with E-state index < -0.39 is 6.10 Å². The molecule has 0 saturated heterocycles. The molecule has 0 amide bonds. The molecule has 3 nitrogen and oxygen atoms in total. The second-order valence-electron chi connectivity index (χ2n) is 5.00. The summed E-state index contributed by atoms with van der Waals surface area (Å²) in [6, 6.07) is 5.63. The van der Waals surface area contributed by atoms with Crippen LogP contribution in [-0.4, -0.2) is 24.9 Å². The topological polar surface area (TPSA) is 38.7 Å². The number of aliphatic hydroxyl groups excluding tert-OH is 1. The summed E-state index contributed by atoms with van der Waals surface area (Å²) in [5.41, 5.74) is 0.797. The first-order valence-corrected chi connectivity index (χ1v) is 7.48. The van der Waals surface area contributed by atoms with Crippen molar-refractivity contribution in [2.45, 2.75) is 33.3 Å². The number of aliphatic hydroxyl groups is 1. The van der Waals surface area contributed by atoms with Crippen LogP contribution in [0.4, 0.5) is 0 Å². The first-order chi connectivity index (χ1) is 9.00. The minimum atomic E-state index is -0.537. The lowest BCUT2D eigenvalue weighted by Gasteiger charge is -2.14. The Balaban J connectivity index is 2.38. The first kappa shape index (κ1) is 16.5. The molecule has 1 aromatic carbocycles. The molecule has 0 aliphatic heterocycles. The Morgan fingerprint density at radius 1 is 1.16 bits per heavy atom. The molecule has 0 radical (unpaired) electrons. The highest BCUT2D eigenvalue weighted by Crippen LogP contribution is 2.28. The highest BCUT2D eigenvalue weighted by molar-refractivity contribution is 9.10. The summed E-state index contributed by atoms with van der Waals surface area (Å²) < 4.78 is 12.1. The molecule has 108 valence electrons. The molecule has 1 atom stereocenters. The zero-order valence-corrected chi connectivity index (χ0v) is 13.4. The van der Waals surface area contributed by atoms with Gasteiger partial charge in [0, 0.05) is 16.6 Å². The smallest absolute Gasteiger partial charge is 0.126 e. The third-order valence-corrected chi connectivity index (χ3v) is 3.24. The molecule has 0 aliphatic carbocycles. The van der Waals surface area contributed by atoms with Crippen molar-refractivity contribution in [3.05, 3.63) is 28.2 Å². The Bertz CT molecular complexity index is 378. The summed E-state index contributed by atoms with van der Waals surface area (Å²) >= 11 is 3.40. The van der Waals surface area contributed by atoms with Gasteiger partial charge in [-0.2, -0.15) is 0 Å². The van der Waals surface area contributed by atoms with E-state index in [1.807, 2.05) is 18.2 Å². The van der Waals surface area contributed by atoms with Gasteiger partial charge in [-0.3, -0.25) is 0 Å². The average Bonchev–Trinajstić information content (AvgIpc) is 2.33. The maximum atomic E-state index is 9.67. The minimum Gasteiger partial charge on any atom is -0.491 e. The molecule has 0 aromatic heterocycles. The standard InChI is InChI=1S/C15H23BrO3/c1-11(2)6-7-18-8-9-19-15-10-13(16)4-5-14(15)12(3)17/h4-5,10-12,17H,6-9H2,1-3H3. The van der Waals surface area contributed by atoms with Crippen molar-refractivity contribution >= 4 is 15.9 Å². The third kappa shape index (κ3) is 6.41. The van der Waals surface area contributed by atoms with E-state index in [-0.39, 0.29) is 0 Å². The van der Waals surface area contributed by atoms with Gasteiger partial charge in [0.25, 0.3) is 0 Å². The van der Waals surface area contributed by atoms with Crippen molar-refractivity contribution in [3.8, 4) is 5.75 Å². The Labute approximate surface area is 124 Å². The largest absolute Gasteiger partial charge is 0.491 e. The minimum absolute atomic E-state index is 0.494.